The predicted molar refractivity (Wildman–Crippen MR) is 121 cm³/mol. The number of carbonyl (C=O) groups is 2. The van der Waals surface area contributed by atoms with Crippen LogP contribution in [0.2, 0.25) is 0 Å². The average Bonchev–Trinajstić information content (AvgIpc) is 3.23. The van der Waals surface area contributed by atoms with Gasteiger partial charge < -0.3 is 20.9 Å². The Bertz CT molecular complexity index is 934. The fraction of sp³-hybridized carbons (Fsp3) is 0.478. The fourth-order valence-electron chi connectivity index (χ4n) is 3.40. The van der Waals surface area contributed by atoms with Gasteiger partial charge in [-0.25, -0.2) is 4.79 Å². The number of carboxylic acid groups (broad SMARTS) is 1. The number of nitrogens with two attached hydrogens (primary N) is 1. The Hall–Kier alpha value is -2.59. The number of thiophene rings is 1. The van der Waals surface area contributed by atoms with Gasteiger partial charge in [0.1, 0.15) is 12.4 Å². The molecule has 1 heterocycles. The average molecular weight is 487 g/mol. The molecular weight excluding hydrogens is 457 g/mol. The van der Waals surface area contributed by atoms with Crippen molar-refractivity contribution in [2.75, 3.05) is 13.2 Å². The molecule has 0 radical (unpaired) electrons. The van der Waals surface area contributed by atoms with E-state index in [1.807, 2.05) is 30.3 Å². The largest absolute Gasteiger partial charge is 0.492 e. The SMILES string of the molecule is CC1(C)CCC(NCCOc2cccc(-c3ccc(C(N)=O)s3)c2)CC1.O=C(O)C(F)(F)F. The van der Waals surface area contributed by atoms with E-state index in [4.69, 9.17) is 20.4 Å². The summed E-state index contributed by atoms with van der Waals surface area (Å²) in [7, 11) is 0. The predicted octanol–water partition coefficient (Wildman–Crippen LogP) is 5.08. The number of benzene rings is 1. The van der Waals surface area contributed by atoms with Crippen LogP contribution in [0.3, 0.4) is 0 Å². The summed E-state index contributed by atoms with van der Waals surface area (Å²) in [6, 6.07) is 12.3. The van der Waals surface area contributed by atoms with Crippen molar-refractivity contribution in [1.29, 1.82) is 0 Å². The van der Waals surface area contributed by atoms with Gasteiger partial charge in [0, 0.05) is 17.5 Å². The molecule has 0 bridgehead atoms. The zero-order chi connectivity index (χ0) is 24.6. The van der Waals surface area contributed by atoms with Crippen LogP contribution in [0.4, 0.5) is 13.2 Å². The van der Waals surface area contributed by atoms with E-state index in [-0.39, 0.29) is 5.91 Å². The Morgan fingerprint density at radius 3 is 2.39 bits per heavy atom. The second kappa shape index (κ2) is 11.5. The first-order valence-corrected chi connectivity index (χ1v) is 11.4. The van der Waals surface area contributed by atoms with Gasteiger partial charge in [-0.2, -0.15) is 13.2 Å². The van der Waals surface area contributed by atoms with E-state index in [1.165, 1.54) is 37.0 Å². The number of amides is 1. The number of primary amides is 1. The van der Waals surface area contributed by atoms with E-state index in [9.17, 15) is 18.0 Å². The second-order valence-corrected chi connectivity index (χ2v) is 9.68. The highest BCUT2D eigenvalue weighted by Crippen LogP contribution is 2.35. The monoisotopic (exact) mass is 486 g/mol. The highest BCUT2D eigenvalue weighted by Gasteiger charge is 2.38. The van der Waals surface area contributed by atoms with Crippen LogP contribution in [0.5, 0.6) is 5.75 Å². The van der Waals surface area contributed by atoms with E-state index in [1.54, 1.807) is 6.07 Å². The third-order valence-corrected chi connectivity index (χ3v) is 6.50. The number of aliphatic carboxylic acids is 1. The Labute approximate surface area is 194 Å². The minimum Gasteiger partial charge on any atom is -0.492 e. The van der Waals surface area contributed by atoms with E-state index < -0.39 is 12.1 Å². The van der Waals surface area contributed by atoms with Crippen LogP contribution < -0.4 is 15.8 Å². The molecule has 0 saturated heterocycles. The van der Waals surface area contributed by atoms with Gasteiger partial charge in [0.05, 0.1) is 4.88 Å². The van der Waals surface area contributed by atoms with Crippen LogP contribution in [-0.4, -0.2) is 42.4 Å². The maximum Gasteiger partial charge on any atom is 0.490 e. The van der Waals surface area contributed by atoms with Gasteiger partial charge in [-0.05, 0) is 60.9 Å². The number of ether oxygens (including phenoxy) is 1. The summed E-state index contributed by atoms with van der Waals surface area (Å²) in [6.07, 6.45) is 0.00939. The van der Waals surface area contributed by atoms with Crippen molar-refractivity contribution in [1.82, 2.24) is 5.32 Å². The van der Waals surface area contributed by atoms with Crippen molar-refractivity contribution in [3.8, 4) is 16.2 Å². The van der Waals surface area contributed by atoms with E-state index in [0.717, 1.165) is 22.7 Å². The van der Waals surface area contributed by atoms with Gasteiger partial charge >= 0.3 is 12.1 Å². The first-order valence-electron chi connectivity index (χ1n) is 10.5. The lowest BCUT2D eigenvalue weighted by Crippen LogP contribution is -2.37. The molecule has 2 aromatic rings. The molecule has 4 N–H and O–H groups in total. The Morgan fingerprint density at radius 2 is 1.85 bits per heavy atom. The molecule has 0 spiro atoms. The van der Waals surface area contributed by atoms with Crippen LogP contribution in [0.15, 0.2) is 36.4 Å². The topological polar surface area (TPSA) is 102 Å². The molecule has 182 valence electrons. The van der Waals surface area contributed by atoms with Gasteiger partial charge in [0.25, 0.3) is 5.91 Å². The second-order valence-electron chi connectivity index (χ2n) is 8.60. The normalized spacial score (nSPS) is 15.9. The van der Waals surface area contributed by atoms with Crippen molar-refractivity contribution in [3.63, 3.8) is 0 Å². The number of hydrogen-bond acceptors (Lipinski definition) is 5. The maximum absolute atomic E-state index is 11.3. The van der Waals surface area contributed by atoms with Gasteiger partial charge in [0.2, 0.25) is 0 Å². The molecule has 1 aromatic heterocycles. The van der Waals surface area contributed by atoms with Crippen molar-refractivity contribution in [2.24, 2.45) is 11.1 Å². The first-order chi connectivity index (χ1) is 15.4. The molecule has 1 aromatic carbocycles. The summed E-state index contributed by atoms with van der Waals surface area (Å²) in [5, 5.41) is 10.7. The molecule has 1 amide bonds. The minimum atomic E-state index is -5.08. The molecule has 0 aliphatic heterocycles. The third kappa shape index (κ3) is 9.05. The first kappa shape index (κ1) is 26.7. The van der Waals surface area contributed by atoms with Crippen molar-refractivity contribution in [3.05, 3.63) is 41.3 Å². The number of hydrogen-bond donors (Lipinski definition) is 3. The highest BCUT2D eigenvalue weighted by molar-refractivity contribution is 7.17. The summed E-state index contributed by atoms with van der Waals surface area (Å²) in [6.45, 7) is 6.24. The molecule has 6 nitrogen and oxygen atoms in total. The summed E-state index contributed by atoms with van der Waals surface area (Å²) in [4.78, 5) is 21.7. The van der Waals surface area contributed by atoms with Crippen LogP contribution in [-0.2, 0) is 4.79 Å². The molecule has 1 fully saturated rings. The quantitative estimate of drug-likeness (QED) is 0.474. The van der Waals surface area contributed by atoms with E-state index in [0.29, 0.717) is 22.9 Å². The summed E-state index contributed by atoms with van der Waals surface area (Å²) >= 11 is 1.41. The van der Waals surface area contributed by atoms with Gasteiger partial charge in [-0.1, -0.05) is 26.0 Å². The molecule has 0 unspecified atom stereocenters. The van der Waals surface area contributed by atoms with Crippen LogP contribution in [0, 0.1) is 5.41 Å². The molecule has 1 aliphatic carbocycles. The zero-order valence-electron chi connectivity index (χ0n) is 18.6. The summed E-state index contributed by atoms with van der Waals surface area (Å²) < 4.78 is 37.6. The number of alkyl halides is 3. The number of halogens is 3. The molecule has 33 heavy (non-hydrogen) atoms. The standard InChI is InChI=1S/C21H28N2O2S.C2HF3O2/c1-21(2)10-8-16(9-11-21)23-12-13-25-17-5-3-4-15(14-17)18-6-7-19(26-18)20(22)24;3-2(4,5)1(6)7/h3-7,14,16,23H,8-13H2,1-2H3,(H2,22,24);(H,6,7). The highest BCUT2D eigenvalue weighted by atomic mass is 32.1. The van der Waals surface area contributed by atoms with Crippen molar-refractivity contribution < 1.29 is 32.6 Å². The van der Waals surface area contributed by atoms with Crippen molar-refractivity contribution >= 4 is 23.2 Å². The Balaban J connectivity index is 0.000000479. The Kier molecular flexibility index (Phi) is 9.30. The van der Waals surface area contributed by atoms with Crippen LogP contribution >= 0.6 is 11.3 Å². The molecule has 10 heteroatoms. The van der Waals surface area contributed by atoms with E-state index in [2.05, 4.69) is 19.2 Å². The number of carboxylic acids is 1. The lowest BCUT2D eigenvalue weighted by Gasteiger charge is -2.34. The number of carbonyl (C=O) groups excluding carboxylic acids is 1. The summed E-state index contributed by atoms with van der Waals surface area (Å²) in [5.74, 6) is -2.29. The van der Waals surface area contributed by atoms with Gasteiger partial charge in [0.15, 0.2) is 0 Å². The molecular formula is C23H29F3N2O4S. The maximum atomic E-state index is 11.3. The molecule has 1 aliphatic rings. The number of nitrogens with one attached hydrogen (secondary N) is 1. The van der Waals surface area contributed by atoms with Crippen molar-refractivity contribution in [2.45, 2.75) is 51.7 Å². The lowest BCUT2D eigenvalue weighted by molar-refractivity contribution is -0.192. The van der Waals surface area contributed by atoms with Gasteiger partial charge in [-0.3, -0.25) is 4.79 Å². The van der Waals surface area contributed by atoms with Crippen LogP contribution in [0.25, 0.3) is 10.4 Å². The third-order valence-electron chi connectivity index (χ3n) is 5.35. The molecule has 3 rings (SSSR count). The smallest absolute Gasteiger partial charge is 0.490 e. The Morgan fingerprint density at radius 1 is 1.21 bits per heavy atom. The fourth-order valence-corrected chi connectivity index (χ4v) is 4.25. The van der Waals surface area contributed by atoms with Gasteiger partial charge in [-0.15, -0.1) is 11.3 Å². The minimum absolute atomic E-state index is 0.383. The number of rotatable bonds is 7. The van der Waals surface area contributed by atoms with Crippen LogP contribution in [0.1, 0.15) is 49.2 Å². The molecule has 0 atom stereocenters. The molecule has 1 saturated carbocycles. The summed E-state index contributed by atoms with van der Waals surface area (Å²) in [5.41, 5.74) is 6.88. The van der Waals surface area contributed by atoms with E-state index >= 15 is 0 Å². The zero-order valence-corrected chi connectivity index (χ0v) is 19.4. The lowest BCUT2D eigenvalue weighted by atomic mass is 9.75.